The Morgan fingerprint density at radius 2 is 2.28 bits per heavy atom. The predicted octanol–water partition coefficient (Wildman–Crippen LogP) is 0.0979. The van der Waals surface area contributed by atoms with Crippen molar-refractivity contribution in [1.82, 2.24) is 10.3 Å². The van der Waals surface area contributed by atoms with Crippen molar-refractivity contribution in [1.29, 1.82) is 0 Å². The molecule has 1 rings (SSSR count). The Hall–Kier alpha value is -1.67. The average molecular weight is 274 g/mol. The average Bonchev–Trinajstić information content (AvgIpc) is 2.33. The summed E-state index contributed by atoms with van der Waals surface area (Å²) in [4.78, 5) is 15.6. The fourth-order valence-electron chi connectivity index (χ4n) is 1.27. The largest absolute Gasteiger partial charge is 0.494 e. The van der Waals surface area contributed by atoms with Crippen LogP contribution in [-0.2, 0) is 10.1 Å². The maximum atomic E-state index is 11.7. The van der Waals surface area contributed by atoms with E-state index in [2.05, 4.69) is 10.3 Å². The molecular weight excluding hydrogens is 260 g/mol. The van der Waals surface area contributed by atoms with Crippen LogP contribution in [0.5, 0.6) is 5.75 Å². The van der Waals surface area contributed by atoms with Gasteiger partial charge >= 0.3 is 0 Å². The lowest BCUT2D eigenvalue weighted by molar-refractivity contribution is 0.0945. The number of nitrogens with zero attached hydrogens (tertiary/aromatic N) is 1. The van der Waals surface area contributed by atoms with E-state index in [0.29, 0.717) is 5.75 Å². The molecule has 1 heterocycles. The molecule has 0 saturated heterocycles. The second-order valence-corrected chi connectivity index (χ2v) is 5.02. The SMILES string of the molecule is COc1cccnc1C(=O)NCCCS(=O)(=O)O. The highest BCUT2D eigenvalue weighted by Crippen LogP contribution is 2.13. The van der Waals surface area contributed by atoms with E-state index in [9.17, 15) is 13.2 Å². The van der Waals surface area contributed by atoms with Gasteiger partial charge in [-0.25, -0.2) is 4.98 Å². The first kappa shape index (κ1) is 14.4. The Morgan fingerprint density at radius 1 is 1.56 bits per heavy atom. The van der Waals surface area contributed by atoms with Crippen LogP contribution in [0.2, 0.25) is 0 Å². The number of ether oxygens (including phenoxy) is 1. The van der Waals surface area contributed by atoms with Crippen LogP contribution < -0.4 is 10.1 Å². The molecule has 0 aliphatic carbocycles. The van der Waals surface area contributed by atoms with E-state index in [4.69, 9.17) is 9.29 Å². The summed E-state index contributed by atoms with van der Waals surface area (Å²) in [7, 11) is -2.57. The Labute approximate surface area is 105 Å². The molecule has 1 amide bonds. The molecule has 0 aromatic carbocycles. The summed E-state index contributed by atoms with van der Waals surface area (Å²) in [5.41, 5.74) is 0.131. The zero-order chi connectivity index (χ0) is 13.6. The topological polar surface area (TPSA) is 106 Å². The number of hydrogen-bond acceptors (Lipinski definition) is 5. The fourth-order valence-corrected chi connectivity index (χ4v) is 1.78. The molecule has 2 N–H and O–H groups in total. The third kappa shape index (κ3) is 4.68. The lowest BCUT2D eigenvalue weighted by Crippen LogP contribution is -2.27. The highest BCUT2D eigenvalue weighted by molar-refractivity contribution is 7.85. The van der Waals surface area contributed by atoms with E-state index in [1.165, 1.54) is 13.3 Å². The van der Waals surface area contributed by atoms with E-state index in [1.54, 1.807) is 12.1 Å². The number of aromatic nitrogens is 1. The smallest absolute Gasteiger partial charge is 0.273 e. The molecule has 0 atom stereocenters. The van der Waals surface area contributed by atoms with Crippen molar-refractivity contribution < 1.29 is 22.5 Å². The summed E-state index contributed by atoms with van der Waals surface area (Å²) < 4.78 is 34.4. The van der Waals surface area contributed by atoms with Gasteiger partial charge in [-0.3, -0.25) is 9.35 Å². The number of hydrogen-bond donors (Lipinski definition) is 2. The number of carbonyl (C=O) groups excluding carboxylic acids is 1. The summed E-state index contributed by atoms with van der Waals surface area (Å²) in [5, 5.41) is 2.49. The van der Waals surface area contributed by atoms with Crippen LogP contribution in [0.1, 0.15) is 16.9 Å². The lowest BCUT2D eigenvalue weighted by Gasteiger charge is -2.07. The van der Waals surface area contributed by atoms with E-state index in [-0.39, 0.29) is 18.7 Å². The zero-order valence-corrected chi connectivity index (χ0v) is 10.6. The second kappa shape index (κ2) is 6.31. The maximum Gasteiger partial charge on any atom is 0.273 e. The standard InChI is InChI=1S/C10H14N2O5S/c1-17-8-4-2-5-11-9(8)10(13)12-6-3-7-18(14,15)16/h2,4-5H,3,6-7H2,1H3,(H,12,13)(H,14,15,16). The lowest BCUT2D eigenvalue weighted by atomic mass is 10.3. The van der Waals surface area contributed by atoms with Crippen LogP contribution in [0.25, 0.3) is 0 Å². The van der Waals surface area contributed by atoms with E-state index < -0.39 is 21.8 Å². The van der Waals surface area contributed by atoms with Gasteiger partial charge in [0, 0.05) is 12.7 Å². The molecule has 0 spiro atoms. The van der Waals surface area contributed by atoms with Crippen LogP contribution in [0.3, 0.4) is 0 Å². The van der Waals surface area contributed by atoms with Crippen LogP contribution >= 0.6 is 0 Å². The Balaban J connectivity index is 2.51. The number of methoxy groups -OCH3 is 1. The minimum Gasteiger partial charge on any atom is -0.494 e. The van der Waals surface area contributed by atoms with Gasteiger partial charge in [-0.05, 0) is 18.6 Å². The molecule has 0 saturated carbocycles. The quantitative estimate of drug-likeness (QED) is 0.563. The summed E-state index contributed by atoms with van der Waals surface area (Å²) in [6.45, 7) is 0.123. The summed E-state index contributed by atoms with van der Waals surface area (Å²) in [5.74, 6) is -0.514. The first-order chi connectivity index (χ1) is 8.44. The van der Waals surface area contributed by atoms with Crippen molar-refractivity contribution >= 4 is 16.0 Å². The molecule has 100 valence electrons. The molecule has 8 heteroatoms. The number of rotatable bonds is 6. The monoisotopic (exact) mass is 274 g/mol. The molecule has 1 aromatic rings. The number of nitrogens with one attached hydrogen (secondary N) is 1. The molecule has 0 aliphatic heterocycles. The van der Waals surface area contributed by atoms with Crippen molar-refractivity contribution in [2.75, 3.05) is 19.4 Å². The first-order valence-corrected chi connectivity index (χ1v) is 6.77. The highest BCUT2D eigenvalue weighted by atomic mass is 32.2. The van der Waals surface area contributed by atoms with Gasteiger partial charge in [-0.1, -0.05) is 0 Å². The molecule has 0 radical (unpaired) electrons. The van der Waals surface area contributed by atoms with Gasteiger partial charge in [0.1, 0.15) is 5.75 Å². The molecule has 18 heavy (non-hydrogen) atoms. The van der Waals surface area contributed by atoms with Crippen molar-refractivity contribution in [2.45, 2.75) is 6.42 Å². The Bertz CT molecular complexity index is 515. The molecule has 1 aromatic heterocycles. The predicted molar refractivity (Wildman–Crippen MR) is 64.2 cm³/mol. The zero-order valence-electron chi connectivity index (χ0n) is 9.79. The van der Waals surface area contributed by atoms with Gasteiger partial charge in [-0.2, -0.15) is 8.42 Å². The molecule has 0 aliphatic rings. The van der Waals surface area contributed by atoms with E-state index in [0.717, 1.165) is 0 Å². The molecule has 0 unspecified atom stereocenters. The van der Waals surface area contributed by atoms with Crippen molar-refractivity contribution in [3.8, 4) is 5.75 Å². The molecule has 0 bridgehead atoms. The van der Waals surface area contributed by atoms with Crippen molar-refractivity contribution in [2.24, 2.45) is 0 Å². The van der Waals surface area contributed by atoms with Crippen LogP contribution in [0, 0.1) is 0 Å². The molecule has 7 nitrogen and oxygen atoms in total. The third-order valence-electron chi connectivity index (χ3n) is 2.07. The van der Waals surface area contributed by atoms with Crippen LogP contribution in [-0.4, -0.2) is 43.3 Å². The Morgan fingerprint density at radius 3 is 2.89 bits per heavy atom. The van der Waals surface area contributed by atoms with E-state index in [1.807, 2.05) is 0 Å². The summed E-state index contributed by atoms with van der Waals surface area (Å²) >= 11 is 0. The van der Waals surface area contributed by atoms with Crippen LogP contribution in [0.15, 0.2) is 18.3 Å². The normalized spacial score (nSPS) is 11.0. The third-order valence-corrected chi connectivity index (χ3v) is 2.87. The minimum atomic E-state index is -3.99. The second-order valence-electron chi connectivity index (χ2n) is 3.45. The van der Waals surface area contributed by atoms with Crippen molar-refractivity contribution in [3.05, 3.63) is 24.0 Å². The maximum absolute atomic E-state index is 11.7. The minimum absolute atomic E-state index is 0.123. The van der Waals surface area contributed by atoms with Crippen molar-refractivity contribution in [3.63, 3.8) is 0 Å². The number of amides is 1. The number of pyridine rings is 1. The molecule has 0 fully saturated rings. The fraction of sp³-hybridized carbons (Fsp3) is 0.400. The first-order valence-electron chi connectivity index (χ1n) is 5.16. The summed E-state index contributed by atoms with van der Waals surface area (Å²) in [6, 6.07) is 3.23. The summed E-state index contributed by atoms with van der Waals surface area (Å²) in [6.07, 6.45) is 1.58. The van der Waals surface area contributed by atoms with Gasteiger partial charge in [0.25, 0.3) is 16.0 Å². The van der Waals surface area contributed by atoms with Crippen LogP contribution in [0.4, 0.5) is 0 Å². The Kier molecular flexibility index (Phi) is 5.05. The van der Waals surface area contributed by atoms with Gasteiger partial charge in [0.05, 0.1) is 12.9 Å². The van der Waals surface area contributed by atoms with Gasteiger partial charge in [0.15, 0.2) is 5.69 Å². The van der Waals surface area contributed by atoms with Gasteiger partial charge in [0.2, 0.25) is 0 Å². The van der Waals surface area contributed by atoms with E-state index >= 15 is 0 Å². The van der Waals surface area contributed by atoms with Gasteiger partial charge < -0.3 is 10.1 Å². The number of carbonyl (C=O) groups is 1. The molecular formula is C10H14N2O5S. The van der Waals surface area contributed by atoms with Gasteiger partial charge in [-0.15, -0.1) is 0 Å². The highest BCUT2D eigenvalue weighted by Gasteiger charge is 2.13.